The fourth-order valence-corrected chi connectivity index (χ4v) is 5.20. The molecule has 1 aromatic heterocycles. The standard InChI is InChI=1S/C34H37N2/c1-22(2)28-14-11-15-29(23(3)4)33(28)36-31-19-17-27(26-12-9-8-10-13-26)21-32(31)35(7)34(36)30-18-16-24(5)20-25(30)6/h8-23H,1-7H3/q+1/i5D3,22D,23D. The Morgan fingerprint density at radius 1 is 0.778 bits per heavy atom. The zero-order chi connectivity index (χ0) is 29.9. The fraction of sp³-hybridized carbons (Fsp3) is 0.265. The lowest BCUT2D eigenvalue weighted by Gasteiger charge is -2.18. The summed E-state index contributed by atoms with van der Waals surface area (Å²) in [6.07, 6.45) is 0. The van der Waals surface area contributed by atoms with Crippen LogP contribution >= 0.6 is 0 Å². The van der Waals surface area contributed by atoms with Crippen molar-refractivity contribution in [3.05, 3.63) is 107 Å². The Hall–Kier alpha value is -3.65. The van der Waals surface area contributed by atoms with Crippen molar-refractivity contribution in [1.82, 2.24) is 4.57 Å². The molecule has 2 nitrogen and oxygen atoms in total. The highest BCUT2D eigenvalue weighted by molar-refractivity contribution is 5.83. The summed E-state index contributed by atoms with van der Waals surface area (Å²) in [5.74, 6) is -1.01. The first kappa shape index (κ1) is 18.6. The molecular weight excluding hydrogens is 436 g/mol. The van der Waals surface area contributed by atoms with Crippen LogP contribution in [0.2, 0.25) is 0 Å². The summed E-state index contributed by atoms with van der Waals surface area (Å²) in [6, 6.07) is 27.9. The van der Waals surface area contributed by atoms with Crippen LogP contribution in [0.5, 0.6) is 0 Å². The molecule has 0 radical (unpaired) electrons. The highest BCUT2D eigenvalue weighted by Crippen LogP contribution is 2.34. The zero-order valence-electron chi connectivity index (χ0n) is 27.0. The Balaban J connectivity index is 1.95. The first-order chi connectivity index (χ1) is 19.1. The largest absolute Gasteiger partial charge is 0.295 e. The molecule has 0 saturated carbocycles. The predicted octanol–water partition coefficient (Wildman–Crippen LogP) is 8.65. The normalized spacial score (nSPS) is 14.7. The SMILES string of the molecule is [2H]C([2H])([2H])c1ccc(-c2n(C)c3cc(-c4ccccc4)ccc3[n+]2-c2c(C([2H])(C)C)cccc2C([2H])(C)C)c(C)c1. The lowest BCUT2D eigenvalue weighted by Crippen LogP contribution is -2.36. The summed E-state index contributed by atoms with van der Waals surface area (Å²) < 4.78 is 46.3. The van der Waals surface area contributed by atoms with Gasteiger partial charge in [-0.2, -0.15) is 4.57 Å². The van der Waals surface area contributed by atoms with Crippen LogP contribution in [-0.2, 0) is 7.05 Å². The van der Waals surface area contributed by atoms with Gasteiger partial charge in [0, 0.05) is 18.0 Å². The van der Waals surface area contributed by atoms with Gasteiger partial charge in [-0.3, -0.25) is 0 Å². The van der Waals surface area contributed by atoms with Crippen LogP contribution in [0.1, 0.15) is 68.6 Å². The van der Waals surface area contributed by atoms with E-state index in [0.29, 0.717) is 5.56 Å². The second-order valence-corrected chi connectivity index (χ2v) is 10.0. The molecule has 0 aliphatic rings. The molecule has 5 rings (SSSR count). The van der Waals surface area contributed by atoms with E-state index in [1.165, 1.54) is 0 Å². The van der Waals surface area contributed by atoms with Gasteiger partial charge in [0.1, 0.15) is 5.69 Å². The maximum Gasteiger partial charge on any atom is 0.295 e. The molecule has 0 unspecified atom stereocenters. The molecule has 0 bridgehead atoms. The van der Waals surface area contributed by atoms with Crippen LogP contribution in [0.3, 0.4) is 0 Å². The average molecular weight is 479 g/mol. The summed E-state index contributed by atoms with van der Waals surface area (Å²) in [5.41, 5.74) is 8.63. The minimum absolute atomic E-state index is 0.302. The van der Waals surface area contributed by atoms with Crippen LogP contribution < -0.4 is 4.57 Å². The van der Waals surface area contributed by atoms with Gasteiger partial charge in [0.15, 0.2) is 11.0 Å². The molecular formula is C34H37N2+. The molecule has 0 spiro atoms. The van der Waals surface area contributed by atoms with Crippen LogP contribution in [-0.4, -0.2) is 4.57 Å². The first-order valence-corrected chi connectivity index (χ1v) is 12.4. The van der Waals surface area contributed by atoms with Gasteiger partial charge in [-0.05, 0) is 66.5 Å². The van der Waals surface area contributed by atoms with E-state index in [-0.39, 0.29) is 0 Å². The number of hydrogen-bond acceptors (Lipinski definition) is 0. The molecule has 0 aliphatic carbocycles. The number of imidazole rings is 1. The van der Waals surface area contributed by atoms with Crippen molar-refractivity contribution in [2.45, 2.75) is 53.3 Å². The number of hydrogen-bond donors (Lipinski definition) is 0. The van der Waals surface area contributed by atoms with E-state index < -0.39 is 18.6 Å². The number of para-hydroxylation sites is 1. The Labute approximate surface area is 222 Å². The molecule has 0 aliphatic heterocycles. The van der Waals surface area contributed by atoms with E-state index in [4.69, 9.17) is 6.85 Å². The lowest BCUT2D eigenvalue weighted by molar-refractivity contribution is -0.557. The van der Waals surface area contributed by atoms with E-state index in [2.05, 4.69) is 39.5 Å². The Morgan fingerprint density at radius 3 is 2.08 bits per heavy atom. The number of rotatable bonds is 5. The molecule has 0 saturated heterocycles. The number of aromatic nitrogens is 2. The highest BCUT2D eigenvalue weighted by Gasteiger charge is 2.31. The van der Waals surface area contributed by atoms with Gasteiger partial charge >= 0.3 is 0 Å². The van der Waals surface area contributed by atoms with E-state index >= 15 is 0 Å². The van der Waals surface area contributed by atoms with Gasteiger partial charge in [-0.15, -0.1) is 0 Å². The monoisotopic (exact) mass is 478 g/mol. The van der Waals surface area contributed by atoms with Crippen molar-refractivity contribution in [2.24, 2.45) is 7.05 Å². The zero-order valence-corrected chi connectivity index (χ0v) is 22.0. The number of fused-ring (bicyclic) bond motifs is 1. The lowest BCUT2D eigenvalue weighted by atomic mass is 9.92. The third-order valence-corrected chi connectivity index (χ3v) is 7.02. The Kier molecular flexibility index (Phi) is 4.87. The van der Waals surface area contributed by atoms with Gasteiger partial charge in [0.25, 0.3) is 5.82 Å². The molecule has 4 aromatic carbocycles. The maximum absolute atomic E-state index is 9.10. The molecule has 0 N–H and O–H groups in total. The van der Waals surface area contributed by atoms with Gasteiger partial charge in [0.05, 0.1) is 12.6 Å². The van der Waals surface area contributed by atoms with Gasteiger partial charge in [-0.25, -0.2) is 4.57 Å². The summed E-state index contributed by atoms with van der Waals surface area (Å²) in [4.78, 5) is 0. The summed E-state index contributed by atoms with van der Waals surface area (Å²) in [6.45, 7) is 7.25. The topological polar surface area (TPSA) is 8.81 Å². The maximum atomic E-state index is 9.10. The summed E-state index contributed by atoms with van der Waals surface area (Å²) in [7, 11) is 2.03. The Morgan fingerprint density at radius 2 is 1.47 bits per heavy atom. The minimum atomic E-state index is -2.20. The van der Waals surface area contributed by atoms with Crippen LogP contribution in [0.15, 0.2) is 84.9 Å². The molecule has 2 heteroatoms. The molecule has 5 aromatic rings. The number of aryl methyl sites for hydroxylation is 3. The molecule has 0 fully saturated rings. The molecule has 36 heavy (non-hydrogen) atoms. The molecule has 1 heterocycles. The Bertz CT molecular complexity index is 1720. The minimum Gasteiger partial charge on any atom is -0.225 e. The van der Waals surface area contributed by atoms with Crippen molar-refractivity contribution in [3.8, 4) is 28.2 Å². The average Bonchev–Trinajstić information content (AvgIpc) is 3.18. The van der Waals surface area contributed by atoms with Gasteiger partial charge in [0.2, 0.25) is 0 Å². The van der Waals surface area contributed by atoms with E-state index in [0.717, 1.165) is 55.9 Å². The molecule has 0 atom stereocenters. The second-order valence-electron chi connectivity index (χ2n) is 10.0. The predicted molar refractivity (Wildman–Crippen MR) is 153 cm³/mol. The van der Waals surface area contributed by atoms with Crippen molar-refractivity contribution in [1.29, 1.82) is 0 Å². The highest BCUT2D eigenvalue weighted by atomic mass is 15.2. The van der Waals surface area contributed by atoms with Gasteiger partial charge < -0.3 is 0 Å². The molecule has 0 amide bonds. The summed E-state index contributed by atoms with van der Waals surface area (Å²) in [5, 5.41) is 0. The van der Waals surface area contributed by atoms with E-state index in [9.17, 15) is 0 Å². The molecule has 182 valence electrons. The van der Waals surface area contributed by atoms with Crippen LogP contribution in [0.25, 0.3) is 39.2 Å². The number of nitrogens with zero attached hydrogens (tertiary/aromatic N) is 2. The van der Waals surface area contributed by atoms with Crippen LogP contribution in [0.4, 0.5) is 0 Å². The number of benzene rings is 4. The van der Waals surface area contributed by atoms with Crippen molar-refractivity contribution < 1.29 is 11.4 Å². The fourth-order valence-electron chi connectivity index (χ4n) is 5.20. The first-order valence-electron chi connectivity index (χ1n) is 14.9. The van der Waals surface area contributed by atoms with E-state index in [1.54, 1.807) is 12.1 Å². The quantitative estimate of drug-likeness (QED) is 0.223. The van der Waals surface area contributed by atoms with E-state index in [1.807, 2.05) is 84.1 Å². The third kappa shape index (κ3) is 4.05. The van der Waals surface area contributed by atoms with Crippen molar-refractivity contribution in [3.63, 3.8) is 0 Å². The van der Waals surface area contributed by atoms with Crippen molar-refractivity contribution in [2.75, 3.05) is 0 Å². The van der Waals surface area contributed by atoms with Crippen LogP contribution in [0, 0.1) is 13.8 Å². The third-order valence-electron chi connectivity index (χ3n) is 7.02. The smallest absolute Gasteiger partial charge is 0.225 e. The summed E-state index contributed by atoms with van der Waals surface area (Å²) >= 11 is 0. The van der Waals surface area contributed by atoms with Gasteiger partial charge in [-0.1, -0.05) is 93.9 Å². The van der Waals surface area contributed by atoms with Crippen molar-refractivity contribution >= 4 is 11.0 Å². The second kappa shape index (κ2) is 9.43.